The van der Waals surface area contributed by atoms with Crippen LogP contribution in [0.15, 0.2) is 48.5 Å². The number of aromatic hydroxyl groups is 1. The van der Waals surface area contributed by atoms with Gasteiger partial charge in [-0.15, -0.1) is 0 Å². The fourth-order valence-electron chi connectivity index (χ4n) is 2.29. The fourth-order valence-corrected chi connectivity index (χ4v) is 2.29. The number of rotatable bonds is 5. The molecular weight excluding hydrogens is 294 g/mol. The van der Waals surface area contributed by atoms with E-state index in [9.17, 15) is 14.7 Å². The van der Waals surface area contributed by atoms with Gasteiger partial charge in [-0.25, -0.2) is 9.59 Å². The molecule has 0 aliphatic rings. The highest BCUT2D eigenvalue weighted by Gasteiger charge is 2.21. The molecule has 0 radical (unpaired) electrons. The van der Waals surface area contributed by atoms with Crippen LogP contribution in [0.5, 0.6) is 5.75 Å². The number of phenols is 1. The molecule has 0 saturated carbocycles. The average molecular weight is 313 g/mol. The van der Waals surface area contributed by atoms with Crippen molar-refractivity contribution in [3.05, 3.63) is 59.7 Å². The molecule has 0 saturated heterocycles. The molecule has 2 aromatic carbocycles. The average Bonchev–Trinajstić information content (AvgIpc) is 2.58. The summed E-state index contributed by atoms with van der Waals surface area (Å²) in [6.07, 6.45) is 0. The monoisotopic (exact) mass is 313 g/mol. The Morgan fingerprint density at radius 3 is 2.22 bits per heavy atom. The number of anilines is 1. The Hall–Kier alpha value is -2.82. The number of phenolic OH excluding ortho intramolecular Hbond substituents is 1. The van der Waals surface area contributed by atoms with Crippen LogP contribution in [0.25, 0.3) is 0 Å². The van der Waals surface area contributed by atoms with Gasteiger partial charge in [-0.1, -0.05) is 24.3 Å². The molecule has 0 spiro atoms. The fraction of sp³-hybridized carbons (Fsp3) is 0.222. The van der Waals surface area contributed by atoms with Crippen LogP contribution in [0.1, 0.15) is 34.6 Å². The summed E-state index contributed by atoms with van der Waals surface area (Å²) >= 11 is 0. The van der Waals surface area contributed by atoms with E-state index in [1.807, 2.05) is 18.7 Å². The molecule has 0 aliphatic carbocycles. The highest BCUT2D eigenvalue weighted by molar-refractivity contribution is 6.04. The number of carbonyl (C=O) groups is 2. The number of hydrogen-bond acceptors (Lipinski definition) is 5. The van der Waals surface area contributed by atoms with Gasteiger partial charge in [0, 0.05) is 13.1 Å². The standard InChI is InChI=1S/C18H19NO4/c1-3-19(4-2)15-12-8-11-14(16(15)20)18(22)23-17(21)13-9-6-5-7-10-13/h5-12,20H,3-4H2,1-2H3. The first-order chi connectivity index (χ1) is 11.1. The number of ether oxygens (including phenoxy) is 1. The van der Waals surface area contributed by atoms with Crippen molar-refractivity contribution < 1.29 is 19.4 Å². The molecule has 0 bridgehead atoms. The van der Waals surface area contributed by atoms with Gasteiger partial charge in [0.25, 0.3) is 0 Å². The summed E-state index contributed by atoms with van der Waals surface area (Å²) in [7, 11) is 0. The van der Waals surface area contributed by atoms with Crippen LogP contribution in [0, 0.1) is 0 Å². The Balaban J connectivity index is 2.23. The van der Waals surface area contributed by atoms with Crippen molar-refractivity contribution in [2.45, 2.75) is 13.8 Å². The van der Waals surface area contributed by atoms with Gasteiger partial charge in [0.1, 0.15) is 5.56 Å². The predicted molar refractivity (Wildman–Crippen MR) is 87.9 cm³/mol. The first-order valence-corrected chi connectivity index (χ1v) is 7.47. The van der Waals surface area contributed by atoms with Gasteiger partial charge in [-0.2, -0.15) is 0 Å². The van der Waals surface area contributed by atoms with Gasteiger partial charge in [-0.05, 0) is 38.1 Å². The molecule has 5 heteroatoms. The van der Waals surface area contributed by atoms with Gasteiger partial charge >= 0.3 is 11.9 Å². The van der Waals surface area contributed by atoms with E-state index in [1.54, 1.807) is 42.5 Å². The van der Waals surface area contributed by atoms with Crippen LogP contribution in [-0.4, -0.2) is 30.1 Å². The maximum absolute atomic E-state index is 12.2. The molecule has 0 atom stereocenters. The minimum Gasteiger partial charge on any atom is -0.505 e. The van der Waals surface area contributed by atoms with Crippen molar-refractivity contribution in [1.82, 2.24) is 0 Å². The highest BCUT2D eigenvalue weighted by Crippen LogP contribution is 2.31. The smallest absolute Gasteiger partial charge is 0.349 e. The number of carbonyl (C=O) groups excluding carboxylic acids is 2. The molecule has 120 valence electrons. The zero-order valence-electron chi connectivity index (χ0n) is 13.2. The van der Waals surface area contributed by atoms with E-state index in [0.29, 0.717) is 18.8 Å². The Kier molecular flexibility index (Phi) is 5.36. The van der Waals surface area contributed by atoms with E-state index >= 15 is 0 Å². The van der Waals surface area contributed by atoms with Crippen molar-refractivity contribution in [2.75, 3.05) is 18.0 Å². The SMILES string of the molecule is CCN(CC)c1cccc(C(=O)OC(=O)c2ccccc2)c1O. The second-order valence-electron chi connectivity index (χ2n) is 4.89. The lowest BCUT2D eigenvalue weighted by Crippen LogP contribution is -2.22. The van der Waals surface area contributed by atoms with E-state index < -0.39 is 11.9 Å². The van der Waals surface area contributed by atoms with Crippen molar-refractivity contribution in [3.63, 3.8) is 0 Å². The Labute approximate surface area is 135 Å². The van der Waals surface area contributed by atoms with Crippen molar-refractivity contribution in [3.8, 4) is 5.75 Å². The number of hydrogen-bond donors (Lipinski definition) is 1. The maximum Gasteiger partial charge on any atom is 0.349 e. The number of nitrogens with zero attached hydrogens (tertiary/aromatic N) is 1. The van der Waals surface area contributed by atoms with Crippen LogP contribution in [0.2, 0.25) is 0 Å². The molecule has 2 aromatic rings. The molecule has 0 fully saturated rings. The maximum atomic E-state index is 12.2. The summed E-state index contributed by atoms with van der Waals surface area (Å²) in [5, 5.41) is 10.3. The Morgan fingerprint density at radius 2 is 1.61 bits per heavy atom. The number of para-hydroxylation sites is 1. The molecule has 5 nitrogen and oxygen atoms in total. The van der Waals surface area contributed by atoms with E-state index in [2.05, 4.69) is 0 Å². The predicted octanol–water partition coefficient (Wildman–Crippen LogP) is 3.24. The molecule has 0 amide bonds. The number of benzene rings is 2. The third-order valence-corrected chi connectivity index (χ3v) is 3.53. The van der Waals surface area contributed by atoms with Gasteiger partial charge in [0.2, 0.25) is 0 Å². The van der Waals surface area contributed by atoms with Gasteiger partial charge in [0.15, 0.2) is 5.75 Å². The van der Waals surface area contributed by atoms with Crippen LogP contribution in [-0.2, 0) is 4.74 Å². The normalized spacial score (nSPS) is 10.2. The lowest BCUT2D eigenvalue weighted by atomic mass is 10.1. The Bertz CT molecular complexity index is 693. The molecular formula is C18H19NO4. The summed E-state index contributed by atoms with van der Waals surface area (Å²) in [5.74, 6) is -1.80. The molecule has 0 unspecified atom stereocenters. The molecule has 0 aromatic heterocycles. The summed E-state index contributed by atoms with van der Waals surface area (Å²) < 4.78 is 4.85. The third kappa shape index (κ3) is 3.69. The summed E-state index contributed by atoms with van der Waals surface area (Å²) in [6.45, 7) is 5.27. The molecule has 23 heavy (non-hydrogen) atoms. The van der Waals surface area contributed by atoms with E-state index in [4.69, 9.17) is 4.74 Å². The van der Waals surface area contributed by atoms with Crippen LogP contribution < -0.4 is 4.90 Å². The van der Waals surface area contributed by atoms with Crippen molar-refractivity contribution in [1.29, 1.82) is 0 Å². The number of esters is 2. The largest absolute Gasteiger partial charge is 0.505 e. The second kappa shape index (κ2) is 7.45. The molecule has 2 rings (SSSR count). The zero-order valence-corrected chi connectivity index (χ0v) is 13.2. The van der Waals surface area contributed by atoms with Crippen LogP contribution in [0.3, 0.4) is 0 Å². The van der Waals surface area contributed by atoms with E-state index in [1.165, 1.54) is 6.07 Å². The summed E-state index contributed by atoms with van der Waals surface area (Å²) in [4.78, 5) is 26.0. The quantitative estimate of drug-likeness (QED) is 0.678. The van der Waals surface area contributed by atoms with Crippen molar-refractivity contribution >= 4 is 17.6 Å². The molecule has 0 aliphatic heterocycles. The lowest BCUT2D eigenvalue weighted by Gasteiger charge is -2.22. The highest BCUT2D eigenvalue weighted by atomic mass is 16.6. The molecule has 0 heterocycles. The van der Waals surface area contributed by atoms with Gasteiger partial charge < -0.3 is 14.7 Å². The summed E-state index contributed by atoms with van der Waals surface area (Å²) in [5.41, 5.74) is 0.788. The van der Waals surface area contributed by atoms with Crippen LogP contribution in [0.4, 0.5) is 5.69 Å². The topological polar surface area (TPSA) is 66.8 Å². The second-order valence-corrected chi connectivity index (χ2v) is 4.89. The van der Waals surface area contributed by atoms with Crippen LogP contribution >= 0.6 is 0 Å². The third-order valence-electron chi connectivity index (χ3n) is 3.53. The zero-order chi connectivity index (χ0) is 16.8. The minimum absolute atomic E-state index is 0.0290. The lowest BCUT2D eigenvalue weighted by molar-refractivity contribution is 0.0396. The first kappa shape index (κ1) is 16.5. The van der Waals surface area contributed by atoms with Gasteiger partial charge in [-0.3, -0.25) is 0 Å². The van der Waals surface area contributed by atoms with E-state index in [0.717, 1.165) is 0 Å². The first-order valence-electron chi connectivity index (χ1n) is 7.47. The van der Waals surface area contributed by atoms with Crippen molar-refractivity contribution in [2.24, 2.45) is 0 Å². The molecule has 1 N–H and O–H groups in total. The van der Waals surface area contributed by atoms with E-state index in [-0.39, 0.29) is 16.9 Å². The summed E-state index contributed by atoms with van der Waals surface area (Å²) in [6, 6.07) is 13.0. The minimum atomic E-state index is -0.870. The van der Waals surface area contributed by atoms with Gasteiger partial charge in [0.05, 0.1) is 11.3 Å². The Morgan fingerprint density at radius 1 is 0.957 bits per heavy atom.